The summed E-state index contributed by atoms with van der Waals surface area (Å²) in [5.74, 6) is -0.363. The molecule has 0 radical (unpaired) electrons. The van der Waals surface area contributed by atoms with Gasteiger partial charge in [-0.2, -0.15) is 0 Å². The van der Waals surface area contributed by atoms with Crippen molar-refractivity contribution in [1.82, 2.24) is 5.32 Å². The predicted octanol–water partition coefficient (Wildman–Crippen LogP) is 3.11. The molecule has 1 aliphatic carbocycles. The first kappa shape index (κ1) is 13.7. The van der Waals surface area contributed by atoms with Gasteiger partial charge < -0.3 is 5.32 Å². The van der Waals surface area contributed by atoms with Crippen LogP contribution in [0.15, 0.2) is 59.8 Å². The molecule has 0 fully saturated rings. The van der Waals surface area contributed by atoms with E-state index in [4.69, 9.17) is 0 Å². The molecule has 0 heterocycles. The zero-order valence-corrected chi connectivity index (χ0v) is 11.0. The number of carbonyl (C=O) groups is 1. The number of amides is 1. The average molecular weight is 270 g/mol. The van der Waals surface area contributed by atoms with E-state index in [2.05, 4.69) is 5.32 Å². The third-order valence-electron chi connectivity index (χ3n) is 2.86. The van der Waals surface area contributed by atoms with Crippen LogP contribution in [0.5, 0.6) is 0 Å². The van der Waals surface area contributed by atoms with Crippen LogP contribution in [0.4, 0.5) is 5.69 Å². The minimum Gasteiger partial charge on any atom is -0.322 e. The summed E-state index contributed by atoms with van der Waals surface area (Å²) >= 11 is 0. The molecule has 5 heteroatoms. The van der Waals surface area contributed by atoms with Crippen molar-refractivity contribution >= 4 is 11.6 Å². The molecule has 0 spiro atoms. The quantitative estimate of drug-likeness (QED) is 0.677. The Labute approximate surface area is 116 Å². The highest BCUT2D eigenvalue weighted by atomic mass is 16.6. The van der Waals surface area contributed by atoms with Crippen LogP contribution in [0, 0.1) is 10.1 Å². The first-order valence-electron chi connectivity index (χ1n) is 6.16. The van der Waals surface area contributed by atoms with Crippen LogP contribution in [-0.4, -0.2) is 10.8 Å². The lowest BCUT2D eigenvalue weighted by Crippen LogP contribution is -2.21. The van der Waals surface area contributed by atoms with Crippen molar-refractivity contribution in [2.45, 2.75) is 13.3 Å². The molecule has 0 saturated heterocycles. The summed E-state index contributed by atoms with van der Waals surface area (Å²) in [6, 6.07) is 5.66. The van der Waals surface area contributed by atoms with Gasteiger partial charge in [-0.15, -0.1) is 0 Å². The fourth-order valence-corrected chi connectivity index (χ4v) is 1.77. The standard InChI is InChI=1S/C15H14N2O3/c1-11-4-2-6-13(9-8-11)16-15(18)12-5-3-7-14(10-12)17(19)20/h2-3,5-10H,4H2,1H3,(H,16,18). The van der Waals surface area contributed by atoms with Crippen LogP contribution < -0.4 is 5.32 Å². The highest BCUT2D eigenvalue weighted by Crippen LogP contribution is 2.14. The van der Waals surface area contributed by atoms with Crippen molar-refractivity contribution in [1.29, 1.82) is 0 Å². The number of allylic oxidation sites excluding steroid dienone is 5. The molecule has 0 unspecified atom stereocenters. The number of carbonyl (C=O) groups excluding carboxylic acids is 1. The van der Waals surface area contributed by atoms with Crippen LogP contribution in [-0.2, 0) is 0 Å². The molecule has 102 valence electrons. The second-order valence-corrected chi connectivity index (χ2v) is 4.50. The number of nitrogens with one attached hydrogen (secondary N) is 1. The molecule has 0 bridgehead atoms. The Kier molecular flexibility index (Phi) is 4.10. The van der Waals surface area contributed by atoms with E-state index in [-0.39, 0.29) is 17.2 Å². The molecule has 0 aromatic heterocycles. The third-order valence-corrected chi connectivity index (χ3v) is 2.86. The third kappa shape index (κ3) is 3.41. The normalized spacial score (nSPS) is 14.1. The van der Waals surface area contributed by atoms with Crippen LogP contribution in [0.1, 0.15) is 23.7 Å². The van der Waals surface area contributed by atoms with Gasteiger partial charge in [-0.05, 0) is 31.6 Å². The molecule has 1 aliphatic rings. The summed E-state index contributed by atoms with van der Waals surface area (Å²) in [4.78, 5) is 22.2. The van der Waals surface area contributed by atoms with E-state index in [9.17, 15) is 14.9 Å². The van der Waals surface area contributed by atoms with Gasteiger partial charge in [-0.25, -0.2) is 0 Å². The van der Waals surface area contributed by atoms with E-state index >= 15 is 0 Å². The lowest BCUT2D eigenvalue weighted by Gasteiger charge is -2.05. The van der Waals surface area contributed by atoms with Crippen molar-refractivity contribution in [3.05, 3.63) is 75.5 Å². The molecule has 1 amide bonds. The largest absolute Gasteiger partial charge is 0.322 e. The number of non-ortho nitro benzene ring substituents is 1. The Morgan fingerprint density at radius 3 is 2.90 bits per heavy atom. The average Bonchev–Trinajstić information content (AvgIpc) is 2.64. The van der Waals surface area contributed by atoms with Gasteiger partial charge in [0.25, 0.3) is 11.6 Å². The van der Waals surface area contributed by atoms with E-state index in [1.165, 1.54) is 23.8 Å². The van der Waals surface area contributed by atoms with Crippen molar-refractivity contribution in [3.63, 3.8) is 0 Å². The second kappa shape index (κ2) is 5.97. The lowest BCUT2D eigenvalue weighted by atomic mass is 10.2. The number of hydrogen-bond donors (Lipinski definition) is 1. The van der Waals surface area contributed by atoms with Crippen LogP contribution >= 0.6 is 0 Å². The summed E-state index contributed by atoms with van der Waals surface area (Å²) < 4.78 is 0. The molecular weight excluding hydrogens is 256 g/mol. The van der Waals surface area contributed by atoms with Gasteiger partial charge in [0.2, 0.25) is 0 Å². The second-order valence-electron chi connectivity index (χ2n) is 4.50. The van der Waals surface area contributed by atoms with E-state index < -0.39 is 4.92 Å². The van der Waals surface area contributed by atoms with E-state index in [1.807, 2.05) is 31.2 Å². The number of benzene rings is 1. The van der Waals surface area contributed by atoms with Crippen LogP contribution in [0.3, 0.4) is 0 Å². The predicted molar refractivity (Wildman–Crippen MR) is 76.2 cm³/mol. The number of hydrogen-bond acceptors (Lipinski definition) is 3. The first-order chi connectivity index (χ1) is 9.56. The lowest BCUT2D eigenvalue weighted by molar-refractivity contribution is -0.384. The summed E-state index contributed by atoms with van der Waals surface area (Å²) in [5, 5.41) is 13.4. The van der Waals surface area contributed by atoms with Gasteiger partial charge in [0.15, 0.2) is 0 Å². The number of nitro benzene ring substituents is 1. The first-order valence-corrected chi connectivity index (χ1v) is 6.16. The highest BCUT2D eigenvalue weighted by Gasteiger charge is 2.11. The molecule has 0 aliphatic heterocycles. The molecule has 1 aromatic carbocycles. The van der Waals surface area contributed by atoms with Gasteiger partial charge in [0.1, 0.15) is 0 Å². The summed E-state index contributed by atoms with van der Waals surface area (Å²) in [7, 11) is 0. The Morgan fingerprint density at radius 1 is 1.35 bits per heavy atom. The maximum Gasteiger partial charge on any atom is 0.270 e. The zero-order valence-electron chi connectivity index (χ0n) is 11.0. The maximum absolute atomic E-state index is 12.1. The molecular formula is C15H14N2O3. The summed E-state index contributed by atoms with van der Waals surface area (Å²) in [6.45, 7) is 2.01. The fourth-order valence-electron chi connectivity index (χ4n) is 1.77. The molecule has 0 saturated carbocycles. The van der Waals surface area contributed by atoms with E-state index in [0.717, 1.165) is 6.42 Å². The minimum absolute atomic E-state index is 0.0984. The Hall–Kier alpha value is -2.69. The number of rotatable bonds is 3. The molecule has 1 aromatic rings. The molecule has 0 atom stereocenters. The van der Waals surface area contributed by atoms with Gasteiger partial charge in [0, 0.05) is 23.4 Å². The smallest absolute Gasteiger partial charge is 0.270 e. The van der Waals surface area contributed by atoms with Crippen molar-refractivity contribution in [3.8, 4) is 0 Å². The van der Waals surface area contributed by atoms with E-state index in [0.29, 0.717) is 5.70 Å². The van der Waals surface area contributed by atoms with Gasteiger partial charge in [0.05, 0.1) is 4.92 Å². The van der Waals surface area contributed by atoms with Gasteiger partial charge in [-0.3, -0.25) is 14.9 Å². The van der Waals surface area contributed by atoms with Crippen LogP contribution in [0.25, 0.3) is 0 Å². The Balaban J connectivity index is 2.16. The van der Waals surface area contributed by atoms with Crippen molar-refractivity contribution in [2.24, 2.45) is 0 Å². The monoisotopic (exact) mass is 270 g/mol. The highest BCUT2D eigenvalue weighted by molar-refractivity contribution is 5.96. The minimum atomic E-state index is -0.520. The number of nitrogens with zero attached hydrogens (tertiary/aromatic N) is 1. The molecule has 2 rings (SSSR count). The number of nitro groups is 1. The summed E-state index contributed by atoms with van der Waals surface area (Å²) in [6.07, 6.45) is 8.37. The van der Waals surface area contributed by atoms with E-state index in [1.54, 1.807) is 6.07 Å². The summed E-state index contributed by atoms with van der Waals surface area (Å²) in [5.41, 5.74) is 2.02. The Bertz CT molecular complexity index is 642. The van der Waals surface area contributed by atoms with Gasteiger partial charge >= 0.3 is 0 Å². The topological polar surface area (TPSA) is 72.2 Å². The Morgan fingerprint density at radius 2 is 2.15 bits per heavy atom. The van der Waals surface area contributed by atoms with Gasteiger partial charge in [-0.1, -0.05) is 23.8 Å². The zero-order chi connectivity index (χ0) is 14.5. The van der Waals surface area contributed by atoms with Crippen LogP contribution in [0.2, 0.25) is 0 Å². The molecule has 5 nitrogen and oxygen atoms in total. The van der Waals surface area contributed by atoms with Crippen molar-refractivity contribution in [2.75, 3.05) is 0 Å². The SMILES string of the molecule is CC1=CC=C(NC(=O)c2cccc([N+](=O)[O-])c2)C=CC1. The maximum atomic E-state index is 12.1. The molecule has 1 N–H and O–H groups in total. The fraction of sp³-hybridized carbons (Fsp3) is 0.133. The molecule has 20 heavy (non-hydrogen) atoms. The van der Waals surface area contributed by atoms with Crippen molar-refractivity contribution < 1.29 is 9.72 Å².